The van der Waals surface area contributed by atoms with Gasteiger partial charge >= 0.3 is 0 Å². The van der Waals surface area contributed by atoms with E-state index in [1.807, 2.05) is 31.2 Å². The van der Waals surface area contributed by atoms with Crippen molar-refractivity contribution in [2.45, 2.75) is 25.8 Å². The number of benzene rings is 2. The Hall–Kier alpha value is -3.02. The molecule has 2 aromatic carbocycles. The van der Waals surface area contributed by atoms with Crippen molar-refractivity contribution in [2.24, 2.45) is 0 Å². The van der Waals surface area contributed by atoms with Crippen molar-refractivity contribution >= 4 is 11.8 Å². The van der Waals surface area contributed by atoms with Gasteiger partial charge in [-0.3, -0.25) is 9.59 Å². The second kappa shape index (κ2) is 9.07. The van der Waals surface area contributed by atoms with E-state index in [0.717, 1.165) is 24.2 Å². The molecule has 1 aliphatic heterocycles. The van der Waals surface area contributed by atoms with Crippen LogP contribution in [0.15, 0.2) is 48.5 Å². The molecule has 6 heteroatoms. The molecule has 1 aliphatic rings. The summed E-state index contributed by atoms with van der Waals surface area (Å²) in [4.78, 5) is 24.8. The molecule has 3 rings (SSSR count). The molecule has 27 heavy (non-hydrogen) atoms. The van der Waals surface area contributed by atoms with Gasteiger partial charge in [-0.05, 0) is 38.0 Å². The lowest BCUT2D eigenvalue weighted by Crippen LogP contribution is -2.38. The van der Waals surface area contributed by atoms with Crippen molar-refractivity contribution in [1.82, 2.24) is 10.6 Å². The minimum Gasteiger partial charge on any atom is -0.493 e. The van der Waals surface area contributed by atoms with Gasteiger partial charge in [0, 0.05) is 5.56 Å². The highest BCUT2D eigenvalue weighted by Crippen LogP contribution is 2.30. The topological polar surface area (TPSA) is 76.7 Å². The average Bonchev–Trinajstić information content (AvgIpc) is 2.89. The molecular weight excluding hydrogens is 344 g/mol. The van der Waals surface area contributed by atoms with E-state index < -0.39 is 0 Å². The van der Waals surface area contributed by atoms with E-state index in [2.05, 4.69) is 10.6 Å². The lowest BCUT2D eigenvalue weighted by molar-refractivity contribution is -0.120. The van der Waals surface area contributed by atoms with E-state index in [1.165, 1.54) is 0 Å². The summed E-state index contributed by atoms with van der Waals surface area (Å²) in [5, 5.41) is 5.66. The molecule has 1 unspecified atom stereocenters. The molecular formula is C21H24N2O4. The maximum atomic E-state index is 12.4. The Bertz CT molecular complexity index is 806. The Balaban J connectivity index is 1.60. The first-order valence-corrected chi connectivity index (χ1v) is 9.20. The highest BCUT2D eigenvalue weighted by Gasteiger charge is 2.21. The number of fused-ring (bicyclic) bond motifs is 1. The lowest BCUT2D eigenvalue weighted by atomic mass is 10.0. The molecule has 6 nitrogen and oxygen atoms in total. The first-order valence-electron chi connectivity index (χ1n) is 9.20. The molecule has 0 bridgehead atoms. The minimum absolute atomic E-state index is 0.0984. The van der Waals surface area contributed by atoms with Crippen LogP contribution >= 0.6 is 0 Å². The first kappa shape index (κ1) is 18.8. The second-order valence-electron chi connectivity index (χ2n) is 6.26. The van der Waals surface area contributed by atoms with Crippen LogP contribution in [-0.2, 0) is 4.79 Å². The van der Waals surface area contributed by atoms with Gasteiger partial charge in [-0.25, -0.2) is 0 Å². The smallest absolute Gasteiger partial charge is 0.255 e. The van der Waals surface area contributed by atoms with E-state index in [0.29, 0.717) is 24.5 Å². The van der Waals surface area contributed by atoms with E-state index in [-0.39, 0.29) is 24.4 Å². The predicted octanol–water partition coefficient (Wildman–Crippen LogP) is 2.85. The van der Waals surface area contributed by atoms with Crippen molar-refractivity contribution in [2.75, 3.05) is 19.8 Å². The van der Waals surface area contributed by atoms with Crippen LogP contribution in [0, 0.1) is 0 Å². The molecule has 0 saturated heterocycles. The number of nitrogens with one attached hydrogen (secondary N) is 2. The maximum Gasteiger partial charge on any atom is 0.255 e. The number of hydrogen-bond donors (Lipinski definition) is 2. The van der Waals surface area contributed by atoms with Gasteiger partial charge in [-0.1, -0.05) is 30.3 Å². The van der Waals surface area contributed by atoms with Crippen LogP contribution in [0.3, 0.4) is 0 Å². The molecule has 0 aliphatic carbocycles. The molecule has 0 aromatic heterocycles. The highest BCUT2D eigenvalue weighted by atomic mass is 16.5. The lowest BCUT2D eigenvalue weighted by Gasteiger charge is -2.18. The number of para-hydroxylation sites is 2. The van der Waals surface area contributed by atoms with Gasteiger partial charge in [-0.15, -0.1) is 0 Å². The zero-order valence-electron chi connectivity index (χ0n) is 15.4. The van der Waals surface area contributed by atoms with Crippen molar-refractivity contribution in [3.8, 4) is 11.5 Å². The van der Waals surface area contributed by atoms with Crippen molar-refractivity contribution < 1.29 is 19.1 Å². The summed E-state index contributed by atoms with van der Waals surface area (Å²) in [6, 6.07) is 14.6. The van der Waals surface area contributed by atoms with E-state index >= 15 is 0 Å². The molecule has 0 radical (unpaired) electrons. The van der Waals surface area contributed by atoms with Crippen molar-refractivity contribution in [3.05, 3.63) is 59.7 Å². The van der Waals surface area contributed by atoms with Crippen molar-refractivity contribution in [3.63, 3.8) is 0 Å². The molecule has 2 aromatic rings. The van der Waals surface area contributed by atoms with Gasteiger partial charge < -0.3 is 20.1 Å². The van der Waals surface area contributed by atoms with E-state index in [4.69, 9.17) is 9.47 Å². The van der Waals surface area contributed by atoms with Crippen molar-refractivity contribution in [1.29, 1.82) is 0 Å². The Labute approximate surface area is 158 Å². The predicted molar refractivity (Wildman–Crippen MR) is 102 cm³/mol. The molecule has 142 valence electrons. The fraction of sp³-hybridized carbons (Fsp3) is 0.333. The van der Waals surface area contributed by atoms with Crippen LogP contribution in [0.1, 0.15) is 41.7 Å². The first-order chi connectivity index (χ1) is 13.2. The third-order valence-electron chi connectivity index (χ3n) is 4.37. The number of amides is 2. The average molecular weight is 368 g/mol. The fourth-order valence-corrected chi connectivity index (χ4v) is 3.11. The minimum atomic E-state index is -0.334. The fourth-order valence-electron chi connectivity index (χ4n) is 3.11. The summed E-state index contributed by atoms with van der Waals surface area (Å²) in [5.41, 5.74) is 1.39. The van der Waals surface area contributed by atoms with Crippen LogP contribution in [0.2, 0.25) is 0 Å². The van der Waals surface area contributed by atoms with Crippen LogP contribution < -0.4 is 20.1 Å². The summed E-state index contributed by atoms with van der Waals surface area (Å²) in [6.45, 7) is 2.86. The van der Waals surface area contributed by atoms with Crippen LogP contribution in [-0.4, -0.2) is 31.6 Å². The van der Waals surface area contributed by atoms with E-state index in [1.54, 1.807) is 24.3 Å². The Morgan fingerprint density at radius 1 is 1.15 bits per heavy atom. The van der Waals surface area contributed by atoms with E-state index in [9.17, 15) is 9.59 Å². The summed E-state index contributed by atoms with van der Waals surface area (Å²) in [5.74, 6) is 0.737. The largest absolute Gasteiger partial charge is 0.493 e. The SMILES string of the molecule is CCOc1ccccc1C(=O)NCC(=O)NC1CCCOc2ccccc21. The monoisotopic (exact) mass is 368 g/mol. The number of carbonyl (C=O) groups is 2. The number of rotatable bonds is 6. The van der Waals surface area contributed by atoms with Gasteiger partial charge in [0.1, 0.15) is 11.5 Å². The number of carbonyl (C=O) groups excluding carboxylic acids is 2. The molecule has 2 amide bonds. The zero-order chi connectivity index (χ0) is 19.1. The molecule has 2 N–H and O–H groups in total. The Morgan fingerprint density at radius 3 is 2.78 bits per heavy atom. The summed E-state index contributed by atoms with van der Waals surface area (Å²) in [6.07, 6.45) is 1.65. The summed E-state index contributed by atoms with van der Waals surface area (Å²) >= 11 is 0. The van der Waals surface area contributed by atoms with Gasteiger partial charge in [0.05, 0.1) is 31.4 Å². The van der Waals surface area contributed by atoms with Crippen LogP contribution in [0.5, 0.6) is 11.5 Å². The molecule has 1 atom stereocenters. The van der Waals surface area contributed by atoms with Gasteiger partial charge in [0.2, 0.25) is 5.91 Å². The quantitative estimate of drug-likeness (QED) is 0.822. The normalized spacial score (nSPS) is 15.7. The van der Waals surface area contributed by atoms with Gasteiger partial charge in [0.25, 0.3) is 5.91 Å². The number of hydrogen-bond acceptors (Lipinski definition) is 4. The second-order valence-corrected chi connectivity index (χ2v) is 6.26. The van der Waals surface area contributed by atoms with Gasteiger partial charge in [-0.2, -0.15) is 0 Å². The van der Waals surface area contributed by atoms with Gasteiger partial charge in [0.15, 0.2) is 0 Å². The molecule has 0 saturated carbocycles. The maximum absolute atomic E-state index is 12.4. The number of ether oxygens (including phenoxy) is 2. The molecule has 1 heterocycles. The Morgan fingerprint density at radius 2 is 1.93 bits per heavy atom. The summed E-state index contributed by atoms with van der Waals surface area (Å²) in [7, 11) is 0. The third-order valence-corrected chi connectivity index (χ3v) is 4.37. The molecule has 0 fully saturated rings. The Kier molecular flexibility index (Phi) is 6.30. The zero-order valence-corrected chi connectivity index (χ0v) is 15.4. The molecule has 0 spiro atoms. The standard InChI is InChI=1S/C21H24N2O4/c1-2-26-19-12-6-4-9-16(19)21(25)22-14-20(24)23-17-10-7-13-27-18-11-5-3-8-15(17)18/h3-6,8-9,11-12,17H,2,7,10,13-14H2,1H3,(H,22,25)(H,23,24). The highest BCUT2D eigenvalue weighted by molar-refractivity contribution is 5.98. The summed E-state index contributed by atoms with van der Waals surface area (Å²) < 4.78 is 11.2. The van der Waals surface area contributed by atoms with Crippen LogP contribution in [0.25, 0.3) is 0 Å². The third kappa shape index (κ3) is 4.78. The van der Waals surface area contributed by atoms with Crippen LogP contribution in [0.4, 0.5) is 0 Å².